The van der Waals surface area contributed by atoms with E-state index in [1.807, 2.05) is 18.2 Å². The van der Waals surface area contributed by atoms with Gasteiger partial charge in [0.2, 0.25) is 0 Å². The van der Waals surface area contributed by atoms with Crippen molar-refractivity contribution in [1.82, 2.24) is 9.78 Å². The third-order valence-corrected chi connectivity index (χ3v) is 4.52. The van der Waals surface area contributed by atoms with Crippen LogP contribution in [0.15, 0.2) is 36.7 Å². The summed E-state index contributed by atoms with van der Waals surface area (Å²) in [5, 5.41) is 14.2. The lowest BCUT2D eigenvalue weighted by Crippen LogP contribution is -2.45. The minimum absolute atomic E-state index is 0.448. The first-order valence-corrected chi connectivity index (χ1v) is 7.55. The summed E-state index contributed by atoms with van der Waals surface area (Å²) in [4.78, 5) is 12.1. The summed E-state index contributed by atoms with van der Waals surface area (Å²) in [6.07, 6.45) is 7.13. The van der Waals surface area contributed by atoms with E-state index in [2.05, 4.69) is 11.2 Å². The summed E-state index contributed by atoms with van der Waals surface area (Å²) in [6, 6.07) is 8.10. The van der Waals surface area contributed by atoms with E-state index in [1.165, 1.54) is 5.56 Å². The number of aromatic nitrogens is 2. The number of carboxylic acid groups (broad SMARTS) is 1. The molecule has 116 valence electrons. The van der Waals surface area contributed by atoms with Gasteiger partial charge < -0.3 is 9.84 Å². The molecule has 22 heavy (non-hydrogen) atoms. The fourth-order valence-electron chi connectivity index (χ4n) is 3.23. The Balaban J connectivity index is 2.08. The van der Waals surface area contributed by atoms with E-state index < -0.39 is 11.5 Å². The van der Waals surface area contributed by atoms with Gasteiger partial charge in [-0.05, 0) is 30.4 Å². The van der Waals surface area contributed by atoms with Crippen molar-refractivity contribution in [2.45, 2.75) is 37.6 Å². The zero-order chi connectivity index (χ0) is 15.6. The number of carboxylic acids is 1. The van der Waals surface area contributed by atoms with Gasteiger partial charge in [-0.2, -0.15) is 5.10 Å². The zero-order valence-corrected chi connectivity index (χ0v) is 12.7. The van der Waals surface area contributed by atoms with Crippen LogP contribution in [0, 0.1) is 0 Å². The first-order valence-electron chi connectivity index (χ1n) is 7.55. The van der Waals surface area contributed by atoms with Gasteiger partial charge in [0, 0.05) is 6.42 Å². The van der Waals surface area contributed by atoms with E-state index >= 15 is 0 Å². The summed E-state index contributed by atoms with van der Waals surface area (Å²) >= 11 is 0. The maximum absolute atomic E-state index is 12.1. The molecule has 5 nitrogen and oxygen atoms in total. The Hall–Kier alpha value is -2.30. The van der Waals surface area contributed by atoms with E-state index in [-0.39, 0.29) is 0 Å². The summed E-state index contributed by atoms with van der Waals surface area (Å²) < 4.78 is 6.73. The third kappa shape index (κ3) is 2.47. The standard InChI is InChI=1S/C17H20N2O3/c1-22-15-11-18-19(12-15)17(16(20)21)9-5-4-7-13-6-2-3-8-14(13)10-17/h2-3,6,8,11-12H,4-5,7,9-10H2,1H3,(H,20,21). The fourth-order valence-corrected chi connectivity index (χ4v) is 3.23. The average Bonchev–Trinajstić information content (AvgIpc) is 2.97. The van der Waals surface area contributed by atoms with Crippen LogP contribution in [0.3, 0.4) is 0 Å². The second-order valence-corrected chi connectivity index (χ2v) is 5.81. The summed E-state index contributed by atoms with van der Waals surface area (Å²) in [5.41, 5.74) is 1.29. The molecule has 0 radical (unpaired) electrons. The molecule has 0 saturated carbocycles. The van der Waals surface area contributed by atoms with Crippen molar-refractivity contribution in [1.29, 1.82) is 0 Å². The Morgan fingerprint density at radius 3 is 2.77 bits per heavy atom. The monoisotopic (exact) mass is 300 g/mol. The topological polar surface area (TPSA) is 64.4 Å². The predicted molar refractivity (Wildman–Crippen MR) is 82.1 cm³/mol. The van der Waals surface area contributed by atoms with Crippen molar-refractivity contribution in [3.63, 3.8) is 0 Å². The van der Waals surface area contributed by atoms with E-state index in [4.69, 9.17) is 4.74 Å². The maximum atomic E-state index is 12.1. The highest BCUT2D eigenvalue weighted by Gasteiger charge is 2.42. The van der Waals surface area contributed by atoms with Crippen LogP contribution in [0.5, 0.6) is 5.75 Å². The van der Waals surface area contributed by atoms with E-state index in [0.29, 0.717) is 18.6 Å². The molecule has 1 atom stereocenters. The SMILES string of the molecule is COc1cnn(C2(C(=O)O)CCCCc3ccccc3C2)c1. The van der Waals surface area contributed by atoms with Crippen molar-refractivity contribution in [2.24, 2.45) is 0 Å². The molecule has 1 unspecified atom stereocenters. The molecular formula is C17H20N2O3. The largest absolute Gasteiger partial charge is 0.493 e. The predicted octanol–water partition coefficient (Wildman–Crippen LogP) is 2.64. The van der Waals surface area contributed by atoms with Gasteiger partial charge in [-0.3, -0.25) is 4.68 Å². The van der Waals surface area contributed by atoms with Gasteiger partial charge in [0.1, 0.15) is 0 Å². The van der Waals surface area contributed by atoms with Crippen LogP contribution in [0.2, 0.25) is 0 Å². The molecule has 0 bridgehead atoms. The van der Waals surface area contributed by atoms with Gasteiger partial charge in [-0.25, -0.2) is 4.79 Å². The second kappa shape index (κ2) is 5.83. The summed E-state index contributed by atoms with van der Waals surface area (Å²) in [5.74, 6) is -0.258. The van der Waals surface area contributed by atoms with E-state index in [9.17, 15) is 9.90 Å². The number of fused-ring (bicyclic) bond motifs is 1. The van der Waals surface area contributed by atoms with Crippen LogP contribution in [-0.2, 0) is 23.2 Å². The van der Waals surface area contributed by atoms with Gasteiger partial charge in [0.15, 0.2) is 11.3 Å². The Labute approximate surface area is 129 Å². The lowest BCUT2D eigenvalue weighted by molar-refractivity contribution is -0.148. The van der Waals surface area contributed by atoms with E-state index in [1.54, 1.807) is 24.2 Å². The molecule has 3 rings (SSSR count). The molecule has 1 N–H and O–H groups in total. The molecule has 5 heteroatoms. The molecule has 1 aliphatic carbocycles. The number of aryl methyl sites for hydroxylation is 1. The highest BCUT2D eigenvalue weighted by atomic mass is 16.5. The molecule has 2 aromatic rings. The van der Waals surface area contributed by atoms with Gasteiger partial charge >= 0.3 is 5.97 Å². The number of rotatable bonds is 3. The number of carbonyl (C=O) groups is 1. The van der Waals surface area contributed by atoms with Crippen LogP contribution >= 0.6 is 0 Å². The number of hydrogen-bond acceptors (Lipinski definition) is 3. The van der Waals surface area contributed by atoms with Crippen LogP contribution in [0.1, 0.15) is 30.4 Å². The molecule has 0 spiro atoms. The highest BCUT2D eigenvalue weighted by molar-refractivity contribution is 5.77. The van der Waals surface area contributed by atoms with Crippen LogP contribution in [-0.4, -0.2) is 28.0 Å². The highest BCUT2D eigenvalue weighted by Crippen LogP contribution is 2.33. The Morgan fingerprint density at radius 2 is 2.09 bits per heavy atom. The number of nitrogens with zero attached hydrogens (tertiary/aromatic N) is 2. The number of methoxy groups -OCH3 is 1. The second-order valence-electron chi connectivity index (χ2n) is 5.81. The Kier molecular flexibility index (Phi) is 3.88. The molecule has 1 heterocycles. The Morgan fingerprint density at radius 1 is 1.32 bits per heavy atom. The minimum Gasteiger partial charge on any atom is -0.493 e. The van der Waals surface area contributed by atoms with Crippen molar-refractivity contribution in [2.75, 3.05) is 7.11 Å². The first kappa shape index (κ1) is 14.6. The van der Waals surface area contributed by atoms with Crippen molar-refractivity contribution in [3.05, 3.63) is 47.8 Å². The number of hydrogen-bond donors (Lipinski definition) is 1. The van der Waals surface area contributed by atoms with Crippen LogP contribution in [0.25, 0.3) is 0 Å². The lowest BCUT2D eigenvalue weighted by atomic mass is 9.81. The van der Waals surface area contributed by atoms with Crippen molar-refractivity contribution in [3.8, 4) is 5.75 Å². The van der Waals surface area contributed by atoms with Gasteiger partial charge in [0.05, 0.1) is 19.5 Å². The normalized spacial score (nSPS) is 21.5. The van der Waals surface area contributed by atoms with Gasteiger partial charge in [-0.15, -0.1) is 0 Å². The van der Waals surface area contributed by atoms with Gasteiger partial charge in [0.25, 0.3) is 0 Å². The molecule has 1 aromatic heterocycles. The first-order chi connectivity index (χ1) is 10.7. The average molecular weight is 300 g/mol. The number of ether oxygens (including phenoxy) is 1. The van der Waals surface area contributed by atoms with Crippen molar-refractivity contribution >= 4 is 5.97 Å². The number of benzene rings is 1. The van der Waals surface area contributed by atoms with Crippen LogP contribution < -0.4 is 4.74 Å². The molecular weight excluding hydrogens is 280 g/mol. The lowest BCUT2D eigenvalue weighted by Gasteiger charge is -2.32. The number of aliphatic carboxylic acids is 1. The van der Waals surface area contributed by atoms with Crippen LogP contribution in [0.4, 0.5) is 0 Å². The zero-order valence-electron chi connectivity index (χ0n) is 12.7. The molecule has 1 aliphatic rings. The fraction of sp³-hybridized carbons (Fsp3) is 0.412. The third-order valence-electron chi connectivity index (χ3n) is 4.52. The smallest absolute Gasteiger partial charge is 0.331 e. The molecule has 0 aliphatic heterocycles. The molecule has 1 aromatic carbocycles. The molecule has 0 saturated heterocycles. The summed E-state index contributed by atoms with van der Waals surface area (Å²) in [7, 11) is 1.56. The summed E-state index contributed by atoms with van der Waals surface area (Å²) in [6.45, 7) is 0. The van der Waals surface area contributed by atoms with Gasteiger partial charge in [-0.1, -0.05) is 30.7 Å². The Bertz CT molecular complexity index is 680. The minimum atomic E-state index is -1.05. The maximum Gasteiger partial charge on any atom is 0.331 e. The quantitative estimate of drug-likeness (QED) is 0.946. The van der Waals surface area contributed by atoms with Crippen molar-refractivity contribution < 1.29 is 14.6 Å². The molecule has 0 fully saturated rings. The van der Waals surface area contributed by atoms with E-state index in [0.717, 1.165) is 24.8 Å². The molecule has 0 amide bonds.